The largest absolute Gasteiger partial charge is 0.399 e. The molecular weight excluding hydrogens is 302 g/mol. The highest BCUT2D eigenvalue weighted by Gasteiger charge is 2.04. The van der Waals surface area contributed by atoms with E-state index >= 15 is 0 Å². The molecule has 3 aromatic rings. The van der Waals surface area contributed by atoms with Crippen LogP contribution in [0, 0.1) is 0 Å². The minimum absolute atomic E-state index is 0.840. The molecule has 0 saturated heterocycles. The quantitative estimate of drug-likeness (QED) is 0.249. The molecule has 2 N–H and O–H groups in total. The molecule has 0 heterocycles. The van der Waals surface area contributed by atoms with E-state index < -0.39 is 0 Å². The number of fused-ring (bicyclic) bond motifs is 2. The van der Waals surface area contributed by atoms with Crippen LogP contribution in [0.25, 0.3) is 21.5 Å². The summed E-state index contributed by atoms with van der Waals surface area (Å²) in [6.07, 6.45) is 12.2. The minimum atomic E-state index is 0.840. The summed E-state index contributed by atoms with van der Waals surface area (Å²) in [5, 5.41) is 5.25. The Morgan fingerprint density at radius 1 is 0.680 bits per heavy atom. The first-order valence-corrected chi connectivity index (χ1v) is 9.99. The number of benzene rings is 3. The second-order valence-electron chi connectivity index (χ2n) is 7.32. The SMILES string of the molecule is CCCCCCCCCCc1cccc2cc3ccc(N)cc3cc12. The maximum absolute atomic E-state index is 5.96. The Hall–Kier alpha value is -2.02. The van der Waals surface area contributed by atoms with E-state index in [1.165, 1.54) is 84.9 Å². The molecule has 25 heavy (non-hydrogen) atoms. The van der Waals surface area contributed by atoms with Gasteiger partial charge in [0.2, 0.25) is 0 Å². The number of nitrogen functional groups attached to an aromatic ring is 1. The molecule has 0 spiro atoms. The van der Waals surface area contributed by atoms with Crippen LogP contribution in [0.15, 0.2) is 48.5 Å². The molecule has 3 aromatic carbocycles. The molecule has 1 heteroatoms. The van der Waals surface area contributed by atoms with Crippen molar-refractivity contribution in [1.29, 1.82) is 0 Å². The molecule has 1 nitrogen and oxygen atoms in total. The summed E-state index contributed by atoms with van der Waals surface area (Å²) in [5.41, 5.74) is 8.28. The monoisotopic (exact) mass is 333 g/mol. The van der Waals surface area contributed by atoms with Crippen LogP contribution in [0.3, 0.4) is 0 Å². The number of anilines is 1. The molecule has 0 aromatic heterocycles. The van der Waals surface area contributed by atoms with Gasteiger partial charge in [0, 0.05) is 5.69 Å². The van der Waals surface area contributed by atoms with Crippen LogP contribution in [0.4, 0.5) is 5.69 Å². The van der Waals surface area contributed by atoms with E-state index in [0.717, 1.165) is 5.69 Å². The Morgan fingerprint density at radius 3 is 2.24 bits per heavy atom. The number of aryl methyl sites for hydroxylation is 1. The third kappa shape index (κ3) is 4.75. The molecule has 0 fully saturated rings. The summed E-state index contributed by atoms with van der Waals surface area (Å²) in [4.78, 5) is 0. The summed E-state index contributed by atoms with van der Waals surface area (Å²) in [7, 11) is 0. The van der Waals surface area contributed by atoms with Gasteiger partial charge in [-0.3, -0.25) is 0 Å². The molecule has 0 bridgehead atoms. The number of hydrogen-bond acceptors (Lipinski definition) is 1. The fourth-order valence-corrected chi connectivity index (χ4v) is 3.77. The van der Waals surface area contributed by atoms with Crippen LogP contribution in [-0.4, -0.2) is 0 Å². The highest BCUT2D eigenvalue weighted by atomic mass is 14.5. The molecule has 0 unspecified atom stereocenters. The predicted molar refractivity (Wildman–Crippen MR) is 112 cm³/mol. The lowest BCUT2D eigenvalue weighted by atomic mass is 9.96. The Balaban J connectivity index is 1.63. The molecule has 0 amide bonds. The average Bonchev–Trinajstić information content (AvgIpc) is 2.62. The Labute approximate surface area is 152 Å². The fraction of sp³-hybridized carbons (Fsp3) is 0.417. The summed E-state index contributed by atoms with van der Waals surface area (Å²) in [6.45, 7) is 2.28. The third-order valence-electron chi connectivity index (χ3n) is 5.25. The molecule has 0 atom stereocenters. The van der Waals surface area contributed by atoms with Crippen LogP contribution >= 0.6 is 0 Å². The second-order valence-corrected chi connectivity index (χ2v) is 7.32. The van der Waals surface area contributed by atoms with Crippen LogP contribution in [-0.2, 0) is 6.42 Å². The van der Waals surface area contributed by atoms with E-state index in [-0.39, 0.29) is 0 Å². The number of unbranched alkanes of at least 4 members (excludes halogenated alkanes) is 7. The van der Waals surface area contributed by atoms with Gasteiger partial charge in [-0.25, -0.2) is 0 Å². The summed E-state index contributed by atoms with van der Waals surface area (Å²) >= 11 is 0. The molecular formula is C24H31N. The summed E-state index contributed by atoms with van der Waals surface area (Å²) in [5.74, 6) is 0. The van der Waals surface area contributed by atoms with Gasteiger partial charge < -0.3 is 5.73 Å². The van der Waals surface area contributed by atoms with Crippen molar-refractivity contribution in [3.05, 3.63) is 54.1 Å². The Morgan fingerprint density at radius 2 is 1.44 bits per heavy atom. The van der Waals surface area contributed by atoms with Crippen molar-refractivity contribution in [2.24, 2.45) is 0 Å². The lowest BCUT2D eigenvalue weighted by Crippen LogP contribution is -1.90. The molecule has 0 radical (unpaired) electrons. The summed E-state index contributed by atoms with van der Waals surface area (Å²) < 4.78 is 0. The van der Waals surface area contributed by atoms with Gasteiger partial charge in [-0.2, -0.15) is 0 Å². The highest BCUT2D eigenvalue weighted by molar-refractivity contribution is 6.00. The summed E-state index contributed by atoms with van der Waals surface area (Å²) in [6, 6.07) is 17.5. The van der Waals surface area contributed by atoms with Gasteiger partial charge in [0.05, 0.1) is 0 Å². The molecule has 3 rings (SSSR count). The van der Waals surface area contributed by atoms with Crippen LogP contribution < -0.4 is 5.73 Å². The maximum Gasteiger partial charge on any atom is 0.0320 e. The molecule has 0 aliphatic carbocycles. The normalized spacial score (nSPS) is 11.4. The zero-order chi connectivity index (χ0) is 17.5. The lowest BCUT2D eigenvalue weighted by Gasteiger charge is -2.09. The molecule has 0 aliphatic rings. The lowest BCUT2D eigenvalue weighted by molar-refractivity contribution is 0.576. The molecule has 0 saturated carbocycles. The smallest absolute Gasteiger partial charge is 0.0320 e. The van der Waals surface area contributed by atoms with E-state index in [9.17, 15) is 0 Å². The van der Waals surface area contributed by atoms with Crippen molar-refractivity contribution >= 4 is 27.2 Å². The van der Waals surface area contributed by atoms with Gasteiger partial charge in [-0.1, -0.05) is 76.1 Å². The Kier molecular flexibility index (Phi) is 6.33. The molecule has 0 aliphatic heterocycles. The maximum atomic E-state index is 5.96. The van der Waals surface area contributed by atoms with Crippen molar-refractivity contribution in [2.45, 2.75) is 64.7 Å². The van der Waals surface area contributed by atoms with E-state index in [4.69, 9.17) is 5.73 Å². The first kappa shape index (κ1) is 17.8. The topological polar surface area (TPSA) is 26.0 Å². The van der Waals surface area contributed by atoms with Gasteiger partial charge in [-0.05, 0) is 64.2 Å². The number of hydrogen-bond donors (Lipinski definition) is 1. The fourth-order valence-electron chi connectivity index (χ4n) is 3.77. The van der Waals surface area contributed by atoms with E-state index in [1.807, 2.05) is 6.07 Å². The van der Waals surface area contributed by atoms with E-state index in [0.29, 0.717) is 0 Å². The minimum Gasteiger partial charge on any atom is -0.399 e. The zero-order valence-electron chi connectivity index (χ0n) is 15.6. The van der Waals surface area contributed by atoms with Crippen molar-refractivity contribution < 1.29 is 0 Å². The second kappa shape index (κ2) is 8.89. The highest BCUT2D eigenvalue weighted by Crippen LogP contribution is 2.28. The van der Waals surface area contributed by atoms with Crippen LogP contribution in [0.1, 0.15) is 63.9 Å². The van der Waals surface area contributed by atoms with Crippen molar-refractivity contribution in [1.82, 2.24) is 0 Å². The van der Waals surface area contributed by atoms with Gasteiger partial charge >= 0.3 is 0 Å². The van der Waals surface area contributed by atoms with Crippen molar-refractivity contribution in [3.63, 3.8) is 0 Å². The van der Waals surface area contributed by atoms with Crippen molar-refractivity contribution in [3.8, 4) is 0 Å². The van der Waals surface area contributed by atoms with Gasteiger partial charge in [0.1, 0.15) is 0 Å². The van der Waals surface area contributed by atoms with Gasteiger partial charge in [0.25, 0.3) is 0 Å². The van der Waals surface area contributed by atoms with E-state index in [2.05, 4.69) is 49.4 Å². The van der Waals surface area contributed by atoms with Gasteiger partial charge in [-0.15, -0.1) is 0 Å². The van der Waals surface area contributed by atoms with E-state index in [1.54, 1.807) is 0 Å². The standard InChI is InChI=1S/C24H31N/c1-2-3-4-5-6-7-8-9-11-19-12-10-13-21-16-20-14-15-23(25)17-22(20)18-24(19)21/h10,12-18H,2-9,11,25H2,1H3. The molecule has 132 valence electrons. The van der Waals surface area contributed by atoms with Crippen molar-refractivity contribution in [2.75, 3.05) is 5.73 Å². The number of nitrogens with two attached hydrogens (primary N) is 1. The first-order valence-electron chi connectivity index (χ1n) is 9.99. The third-order valence-corrected chi connectivity index (χ3v) is 5.25. The van der Waals surface area contributed by atoms with Gasteiger partial charge in [0.15, 0.2) is 0 Å². The first-order chi connectivity index (χ1) is 12.3. The Bertz CT molecular complexity index is 819. The predicted octanol–water partition coefficient (Wildman–Crippen LogP) is 7.26. The number of rotatable bonds is 9. The zero-order valence-corrected chi connectivity index (χ0v) is 15.6. The van der Waals surface area contributed by atoms with Crippen LogP contribution in [0.5, 0.6) is 0 Å². The average molecular weight is 334 g/mol. The van der Waals surface area contributed by atoms with Crippen LogP contribution in [0.2, 0.25) is 0 Å².